The monoisotopic (exact) mass is 291 g/mol. The molecule has 1 aromatic rings. The summed E-state index contributed by atoms with van der Waals surface area (Å²) in [5.41, 5.74) is 7.43. The van der Waals surface area contributed by atoms with Crippen molar-refractivity contribution in [1.82, 2.24) is 4.90 Å². The summed E-state index contributed by atoms with van der Waals surface area (Å²) in [6.45, 7) is 2.01. The summed E-state index contributed by atoms with van der Waals surface area (Å²) in [5.74, 6) is 0.00629. The Balaban J connectivity index is 1.89. The Morgan fingerprint density at radius 1 is 1.43 bits per heavy atom. The van der Waals surface area contributed by atoms with Crippen LogP contribution < -0.4 is 11.1 Å². The van der Waals surface area contributed by atoms with Crippen molar-refractivity contribution in [3.8, 4) is 0 Å². The van der Waals surface area contributed by atoms with Crippen molar-refractivity contribution in [2.24, 2.45) is 5.73 Å². The molecule has 1 atom stereocenters. The molecule has 4 N–H and O–H groups in total. The first-order chi connectivity index (χ1) is 10.2. The van der Waals surface area contributed by atoms with E-state index in [1.54, 1.807) is 0 Å². The average molecular weight is 291 g/mol. The Morgan fingerprint density at radius 2 is 2.24 bits per heavy atom. The lowest BCUT2D eigenvalue weighted by Gasteiger charge is -2.23. The van der Waals surface area contributed by atoms with E-state index in [1.807, 2.05) is 24.3 Å². The fourth-order valence-electron chi connectivity index (χ4n) is 2.95. The molecule has 1 unspecified atom stereocenters. The number of benzene rings is 1. The van der Waals surface area contributed by atoms with Crippen LogP contribution in [0.4, 0.5) is 5.69 Å². The van der Waals surface area contributed by atoms with Crippen LogP contribution in [0.2, 0.25) is 0 Å². The van der Waals surface area contributed by atoms with Crippen molar-refractivity contribution >= 4 is 11.6 Å². The van der Waals surface area contributed by atoms with Crippen LogP contribution >= 0.6 is 0 Å². The lowest BCUT2D eigenvalue weighted by Crippen LogP contribution is -2.37. The lowest BCUT2D eigenvalue weighted by atomic mass is 10.1. The minimum absolute atomic E-state index is 0.00629. The zero-order valence-corrected chi connectivity index (χ0v) is 12.4. The maximum absolute atomic E-state index is 12.2. The molecule has 2 rings (SSSR count). The predicted molar refractivity (Wildman–Crippen MR) is 83.9 cm³/mol. The van der Waals surface area contributed by atoms with Crippen LogP contribution in [0.5, 0.6) is 0 Å². The van der Waals surface area contributed by atoms with Gasteiger partial charge in [-0.25, -0.2) is 0 Å². The number of rotatable bonds is 7. The highest BCUT2D eigenvalue weighted by Gasteiger charge is 2.25. The van der Waals surface area contributed by atoms with Gasteiger partial charge in [0.25, 0.3) is 0 Å². The Bertz CT molecular complexity index is 465. The molecule has 116 valence electrons. The van der Waals surface area contributed by atoms with Gasteiger partial charge in [-0.05, 0) is 43.9 Å². The number of nitrogens with one attached hydrogen (secondary N) is 1. The smallest absolute Gasteiger partial charge is 0.238 e. The number of amides is 1. The minimum atomic E-state index is 0.00629. The highest BCUT2D eigenvalue weighted by molar-refractivity contribution is 5.93. The van der Waals surface area contributed by atoms with E-state index in [0.717, 1.165) is 43.5 Å². The number of aliphatic hydroxyl groups is 1. The molecule has 1 amide bonds. The van der Waals surface area contributed by atoms with Crippen molar-refractivity contribution in [2.75, 3.05) is 25.0 Å². The zero-order chi connectivity index (χ0) is 15.1. The van der Waals surface area contributed by atoms with Crippen molar-refractivity contribution in [2.45, 2.75) is 38.3 Å². The van der Waals surface area contributed by atoms with E-state index in [1.165, 1.54) is 0 Å². The van der Waals surface area contributed by atoms with E-state index in [9.17, 15) is 4.79 Å². The maximum atomic E-state index is 12.2. The average Bonchev–Trinajstić information content (AvgIpc) is 2.92. The second-order valence-corrected chi connectivity index (χ2v) is 5.54. The first-order valence-electron chi connectivity index (χ1n) is 7.67. The number of aliphatic hydroxyl groups excluding tert-OH is 1. The summed E-state index contributed by atoms with van der Waals surface area (Å²) in [6.07, 6.45) is 4.01. The molecule has 0 aliphatic carbocycles. The van der Waals surface area contributed by atoms with Gasteiger partial charge in [-0.3, -0.25) is 9.69 Å². The lowest BCUT2D eigenvalue weighted by molar-refractivity contribution is -0.117. The molecule has 1 aliphatic heterocycles. The van der Waals surface area contributed by atoms with Gasteiger partial charge in [0.1, 0.15) is 0 Å². The van der Waals surface area contributed by atoms with Gasteiger partial charge in [0.15, 0.2) is 0 Å². The van der Waals surface area contributed by atoms with E-state index in [4.69, 9.17) is 10.8 Å². The molecule has 5 nitrogen and oxygen atoms in total. The van der Waals surface area contributed by atoms with E-state index in [0.29, 0.717) is 19.1 Å². The van der Waals surface area contributed by atoms with Crippen LogP contribution in [0.1, 0.15) is 31.2 Å². The van der Waals surface area contributed by atoms with Crippen molar-refractivity contribution in [1.29, 1.82) is 0 Å². The van der Waals surface area contributed by atoms with E-state index >= 15 is 0 Å². The summed E-state index contributed by atoms with van der Waals surface area (Å²) >= 11 is 0. The highest BCUT2D eigenvalue weighted by Crippen LogP contribution is 2.21. The Morgan fingerprint density at radius 3 is 3.00 bits per heavy atom. The van der Waals surface area contributed by atoms with Gasteiger partial charge in [0.2, 0.25) is 5.91 Å². The first-order valence-corrected chi connectivity index (χ1v) is 7.67. The molecule has 21 heavy (non-hydrogen) atoms. The number of likely N-dealkylation sites (tertiary alicyclic amines) is 1. The normalized spacial score (nSPS) is 18.9. The third-order valence-corrected chi connectivity index (χ3v) is 4.05. The third kappa shape index (κ3) is 4.52. The summed E-state index contributed by atoms with van der Waals surface area (Å²) < 4.78 is 0. The van der Waals surface area contributed by atoms with Gasteiger partial charge in [-0.15, -0.1) is 0 Å². The molecule has 0 bridgehead atoms. The van der Waals surface area contributed by atoms with Crippen LogP contribution in [0.15, 0.2) is 24.3 Å². The Labute approximate surface area is 126 Å². The highest BCUT2D eigenvalue weighted by atomic mass is 16.3. The van der Waals surface area contributed by atoms with Crippen molar-refractivity contribution in [3.63, 3.8) is 0 Å². The first kappa shape index (κ1) is 15.9. The second-order valence-electron chi connectivity index (χ2n) is 5.54. The van der Waals surface area contributed by atoms with Crippen LogP contribution in [-0.4, -0.2) is 41.7 Å². The molecule has 1 aliphatic rings. The molecule has 1 fully saturated rings. The fourth-order valence-corrected chi connectivity index (χ4v) is 2.95. The van der Waals surface area contributed by atoms with Crippen LogP contribution in [0.3, 0.4) is 0 Å². The molecule has 0 radical (unpaired) electrons. The number of carbonyl (C=O) groups is 1. The zero-order valence-electron chi connectivity index (χ0n) is 12.4. The maximum Gasteiger partial charge on any atom is 0.238 e. The summed E-state index contributed by atoms with van der Waals surface area (Å²) in [4.78, 5) is 14.4. The summed E-state index contributed by atoms with van der Waals surface area (Å²) in [7, 11) is 0. The molecule has 0 aromatic heterocycles. The quantitative estimate of drug-likeness (QED) is 0.708. The van der Waals surface area contributed by atoms with E-state index in [-0.39, 0.29) is 12.5 Å². The van der Waals surface area contributed by atoms with Crippen molar-refractivity contribution in [3.05, 3.63) is 29.8 Å². The van der Waals surface area contributed by atoms with Gasteiger partial charge in [0.05, 0.1) is 6.54 Å². The minimum Gasteiger partial charge on any atom is -0.396 e. The van der Waals surface area contributed by atoms with Gasteiger partial charge in [0, 0.05) is 24.9 Å². The number of hydrogen-bond acceptors (Lipinski definition) is 4. The van der Waals surface area contributed by atoms with E-state index < -0.39 is 0 Å². The fraction of sp³-hybridized carbons (Fsp3) is 0.562. The SMILES string of the molecule is NCc1ccccc1NC(=O)CN1CCCC1CCCO. The number of carbonyl (C=O) groups excluding carboxylic acids is 1. The number of nitrogens with two attached hydrogens (primary N) is 1. The molecule has 1 heterocycles. The topological polar surface area (TPSA) is 78.6 Å². The molecular weight excluding hydrogens is 266 g/mol. The summed E-state index contributed by atoms with van der Waals surface area (Å²) in [6, 6.07) is 8.05. The number of anilines is 1. The largest absolute Gasteiger partial charge is 0.396 e. The molecular formula is C16H25N3O2. The third-order valence-electron chi connectivity index (χ3n) is 4.05. The Kier molecular flexibility index (Phi) is 6.17. The Hall–Kier alpha value is -1.43. The van der Waals surface area contributed by atoms with Gasteiger partial charge >= 0.3 is 0 Å². The van der Waals surface area contributed by atoms with E-state index in [2.05, 4.69) is 10.2 Å². The standard InChI is InChI=1S/C16H25N3O2/c17-11-13-5-1-2-8-15(13)18-16(21)12-19-9-3-6-14(19)7-4-10-20/h1-2,5,8,14,20H,3-4,6-7,9-12,17H2,(H,18,21). The van der Waals surface area contributed by atoms with Crippen LogP contribution in [-0.2, 0) is 11.3 Å². The molecule has 0 spiro atoms. The van der Waals surface area contributed by atoms with Crippen molar-refractivity contribution < 1.29 is 9.90 Å². The van der Waals surface area contributed by atoms with Crippen LogP contribution in [0, 0.1) is 0 Å². The number of nitrogens with zero attached hydrogens (tertiary/aromatic N) is 1. The number of hydrogen-bond donors (Lipinski definition) is 3. The van der Waals surface area contributed by atoms with Gasteiger partial charge < -0.3 is 16.2 Å². The molecule has 5 heteroatoms. The number of para-hydroxylation sites is 1. The molecule has 0 saturated carbocycles. The molecule has 1 saturated heterocycles. The van der Waals surface area contributed by atoms with Gasteiger partial charge in [-0.1, -0.05) is 18.2 Å². The van der Waals surface area contributed by atoms with Gasteiger partial charge in [-0.2, -0.15) is 0 Å². The molecule has 1 aromatic carbocycles. The predicted octanol–water partition coefficient (Wildman–Crippen LogP) is 1.32. The second kappa shape index (κ2) is 8.12. The van der Waals surface area contributed by atoms with Crippen LogP contribution in [0.25, 0.3) is 0 Å². The summed E-state index contributed by atoms with van der Waals surface area (Å²) in [5, 5.41) is 11.9.